The van der Waals surface area contributed by atoms with Crippen molar-refractivity contribution in [3.63, 3.8) is 0 Å². The van der Waals surface area contributed by atoms with Crippen molar-refractivity contribution in [2.24, 2.45) is 7.05 Å². The van der Waals surface area contributed by atoms with Crippen LogP contribution in [0.2, 0.25) is 0 Å². The molecule has 0 bridgehead atoms. The molecule has 162 valence electrons. The number of aromatic amines is 1. The van der Waals surface area contributed by atoms with Gasteiger partial charge in [0.2, 0.25) is 0 Å². The summed E-state index contributed by atoms with van der Waals surface area (Å²) in [4.78, 5) is 20.1. The summed E-state index contributed by atoms with van der Waals surface area (Å²) in [6, 6.07) is 4.38. The van der Waals surface area contributed by atoms with E-state index in [1.165, 1.54) is 16.8 Å². The van der Waals surface area contributed by atoms with Gasteiger partial charge in [0.15, 0.2) is 5.52 Å². The van der Waals surface area contributed by atoms with E-state index in [1.807, 2.05) is 13.8 Å². The summed E-state index contributed by atoms with van der Waals surface area (Å²) in [5.74, 6) is 0.647. The molecule has 3 rings (SSSR count). The first-order valence-corrected chi connectivity index (χ1v) is 11.4. The number of nitrogens with one attached hydrogen (secondary N) is 1. The van der Waals surface area contributed by atoms with Crippen molar-refractivity contribution in [1.82, 2.24) is 19.7 Å². The van der Waals surface area contributed by atoms with E-state index in [2.05, 4.69) is 15.1 Å². The normalized spacial score (nSPS) is 11.9. The molecular formula is C20H26N4O5S. The molecule has 0 unspecified atom stereocenters. The van der Waals surface area contributed by atoms with Crippen molar-refractivity contribution in [2.75, 3.05) is 13.2 Å². The third kappa shape index (κ3) is 4.24. The molecule has 0 aliphatic heterocycles. The fourth-order valence-corrected chi connectivity index (χ4v) is 4.13. The van der Waals surface area contributed by atoms with Gasteiger partial charge < -0.3 is 9.72 Å². The topological polar surface area (TPSA) is 116 Å². The van der Waals surface area contributed by atoms with Crippen molar-refractivity contribution in [3.8, 4) is 17.1 Å². The lowest BCUT2D eigenvalue weighted by Gasteiger charge is -2.13. The van der Waals surface area contributed by atoms with Crippen LogP contribution in [0.4, 0.5) is 0 Å². The third-order valence-corrected chi connectivity index (χ3v) is 5.86. The minimum atomic E-state index is -3.94. The van der Waals surface area contributed by atoms with Crippen molar-refractivity contribution >= 4 is 21.2 Å². The molecule has 10 heteroatoms. The second-order valence-electron chi connectivity index (χ2n) is 6.80. The van der Waals surface area contributed by atoms with Gasteiger partial charge in [-0.25, -0.2) is 4.98 Å². The predicted molar refractivity (Wildman–Crippen MR) is 113 cm³/mol. The van der Waals surface area contributed by atoms with Crippen LogP contribution in [0.15, 0.2) is 27.9 Å². The van der Waals surface area contributed by atoms with Gasteiger partial charge in [0.25, 0.3) is 15.7 Å². The van der Waals surface area contributed by atoms with E-state index in [4.69, 9.17) is 8.92 Å². The lowest BCUT2D eigenvalue weighted by molar-refractivity contribution is 0.318. The van der Waals surface area contributed by atoms with Crippen LogP contribution >= 0.6 is 0 Å². The Labute approximate surface area is 175 Å². The summed E-state index contributed by atoms with van der Waals surface area (Å²) in [6.45, 7) is 6.04. The first-order chi connectivity index (χ1) is 14.3. The summed E-state index contributed by atoms with van der Waals surface area (Å²) < 4.78 is 37.0. The van der Waals surface area contributed by atoms with Crippen LogP contribution in [0.25, 0.3) is 22.4 Å². The van der Waals surface area contributed by atoms with Gasteiger partial charge >= 0.3 is 0 Å². The van der Waals surface area contributed by atoms with E-state index in [9.17, 15) is 13.2 Å². The number of ether oxygens (including phenoxy) is 1. The Hall–Kier alpha value is -2.72. The molecule has 0 aliphatic carbocycles. The molecule has 0 atom stereocenters. The molecule has 1 N–H and O–H groups in total. The third-order valence-electron chi connectivity index (χ3n) is 4.48. The fraction of sp³-hybridized carbons (Fsp3) is 0.450. The average molecular weight is 435 g/mol. The molecule has 0 saturated carbocycles. The zero-order valence-corrected chi connectivity index (χ0v) is 18.4. The van der Waals surface area contributed by atoms with Crippen LogP contribution in [0.5, 0.6) is 5.75 Å². The van der Waals surface area contributed by atoms with Crippen LogP contribution in [-0.4, -0.2) is 41.4 Å². The minimum Gasteiger partial charge on any atom is -0.493 e. The standard InChI is InChI=1S/C20H26N4O5S/c1-5-8-15-17-18(24(4)23-15)20(25)22-19(21-17)14-12-13(30(26,27)29-7-3)9-10-16(14)28-11-6-2/h9-10,12H,5-8,11H2,1-4H3,(H,21,22,25). The van der Waals surface area contributed by atoms with E-state index in [0.717, 1.165) is 18.5 Å². The van der Waals surface area contributed by atoms with Gasteiger partial charge in [-0.2, -0.15) is 13.5 Å². The quantitative estimate of drug-likeness (QED) is 0.515. The van der Waals surface area contributed by atoms with E-state index in [-0.39, 0.29) is 22.9 Å². The van der Waals surface area contributed by atoms with Gasteiger partial charge in [-0.3, -0.25) is 13.7 Å². The first-order valence-electron chi connectivity index (χ1n) is 9.94. The van der Waals surface area contributed by atoms with E-state index in [1.54, 1.807) is 20.0 Å². The van der Waals surface area contributed by atoms with Crippen molar-refractivity contribution in [3.05, 3.63) is 34.2 Å². The van der Waals surface area contributed by atoms with Gasteiger partial charge in [-0.1, -0.05) is 20.3 Å². The fourth-order valence-electron chi connectivity index (χ4n) is 3.19. The molecule has 9 nitrogen and oxygen atoms in total. The van der Waals surface area contributed by atoms with Crippen LogP contribution in [-0.2, 0) is 27.8 Å². The number of hydrogen-bond acceptors (Lipinski definition) is 7. The van der Waals surface area contributed by atoms with Crippen LogP contribution in [0.1, 0.15) is 39.3 Å². The van der Waals surface area contributed by atoms with Crippen LogP contribution in [0.3, 0.4) is 0 Å². The Morgan fingerprint density at radius 3 is 2.60 bits per heavy atom. The van der Waals surface area contributed by atoms with Gasteiger partial charge in [0.1, 0.15) is 17.1 Å². The molecule has 0 saturated heterocycles. The molecule has 0 aliphatic rings. The Balaban J connectivity index is 2.25. The highest BCUT2D eigenvalue weighted by molar-refractivity contribution is 7.86. The number of aryl methyl sites for hydroxylation is 2. The molecule has 1 aromatic carbocycles. The minimum absolute atomic E-state index is 0.0167. The van der Waals surface area contributed by atoms with E-state index in [0.29, 0.717) is 35.4 Å². The molecule has 2 aromatic heterocycles. The molecule has 2 heterocycles. The van der Waals surface area contributed by atoms with E-state index < -0.39 is 10.1 Å². The largest absolute Gasteiger partial charge is 0.493 e. The molecule has 0 spiro atoms. The van der Waals surface area contributed by atoms with Crippen LogP contribution < -0.4 is 10.3 Å². The summed E-state index contributed by atoms with van der Waals surface area (Å²) in [5.41, 5.74) is 1.60. The summed E-state index contributed by atoms with van der Waals surface area (Å²) >= 11 is 0. The second kappa shape index (κ2) is 8.97. The highest BCUT2D eigenvalue weighted by atomic mass is 32.2. The monoisotopic (exact) mass is 434 g/mol. The summed E-state index contributed by atoms with van der Waals surface area (Å²) in [6.07, 6.45) is 2.29. The molecular weight excluding hydrogens is 408 g/mol. The molecule has 0 fully saturated rings. The maximum absolute atomic E-state index is 12.8. The Bertz CT molecular complexity index is 1210. The van der Waals surface area contributed by atoms with Gasteiger partial charge in [0, 0.05) is 7.05 Å². The zero-order valence-electron chi connectivity index (χ0n) is 17.6. The Morgan fingerprint density at radius 1 is 1.17 bits per heavy atom. The Kier molecular flexibility index (Phi) is 6.57. The number of H-pyrrole nitrogens is 1. The lowest BCUT2D eigenvalue weighted by atomic mass is 10.1. The molecule has 3 aromatic rings. The zero-order chi connectivity index (χ0) is 21.9. The van der Waals surface area contributed by atoms with Crippen LogP contribution in [0, 0.1) is 0 Å². The number of rotatable bonds is 9. The average Bonchev–Trinajstić information content (AvgIpc) is 3.02. The summed E-state index contributed by atoms with van der Waals surface area (Å²) in [7, 11) is -2.24. The van der Waals surface area contributed by atoms with Gasteiger partial charge in [-0.05, 0) is 38.0 Å². The number of nitrogens with zero attached hydrogens (tertiary/aromatic N) is 3. The number of fused-ring (bicyclic) bond motifs is 1. The van der Waals surface area contributed by atoms with Gasteiger partial charge in [0.05, 0.1) is 29.4 Å². The number of benzene rings is 1. The van der Waals surface area contributed by atoms with Crippen molar-refractivity contribution in [1.29, 1.82) is 0 Å². The second-order valence-corrected chi connectivity index (χ2v) is 8.41. The number of aromatic nitrogens is 4. The molecule has 30 heavy (non-hydrogen) atoms. The van der Waals surface area contributed by atoms with Crippen molar-refractivity contribution < 1.29 is 17.3 Å². The summed E-state index contributed by atoms with van der Waals surface area (Å²) in [5, 5.41) is 4.42. The van der Waals surface area contributed by atoms with E-state index >= 15 is 0 Å². The van der Waals surface area contributed by atoms with Crippen molar-refractivity contribution in [2.45, 2.75) is 44.9 Å². The maximum atomic E-state index is 12.8. The first kappa shape index (κ1) is 22.0. The maximum Gasteiger partial charge on any atom is 0.296 e. The lowest BCUT2D eigenvalue weighted by Crippen LogP contribution is -2.13. The molecule has 0 radical (unpaired) electrons. The Morgan fingerprint density at radius 2 is 1.93 bits per heavy atom. The van der Waals surface area contributed by atoms with Gasteiger partial charge in [-0.15, -0.1) is 0 Å². The number of hydrogen-bond donors (Lipinski definition) is 1. The SMILES string of the molecule is CCCOc1ccc(S(=O)(=O)OCC)cc1-c1nc2c(CCC)nn(C)c2c(=O)[nH]1. The molecule has 0 amide bonds. The smallest absolute Gasteiger partial charge is 0.296 e. The highest BCUT2D eigenvalue weighted by Gasteiger charge is 2.21. The highest BCUT2D eigenvalue weighted by Crippen LogP contribution is 2.31. The predicted octanol–water partition coefficient (Wildman–Crippen LogP) is 2.79.